The second-order valence-corrected chi connectivity index (χ2v) is 6.14. The zero-order valence-corrected chi connectivity index (χ0v) is 11.0. The maximum Gasteiger partial charge on any atom is 0.163 e. The Balaban J connectivity index is 1.71. The first-order chi connectivity index (χ1) is 8.63. The Labute approximate surface area is 109 Å². The SMILES string of the molecule is Cc1cc(N)ccc1C(=O)CC1CC2CCC1C2. The standard InChI is InChI=1S/C16H21NO/c1-10-6-14(17)4-5-15(10)16(18)9-13-8-11-2-3-12(13)7-11/h4-6,11-13H,2-3,7-9,17H2,1H3. The van der Waals surface area contributed by atoms with Gasteiger partial charge in [0, 0.05) is 17.7 Å². The zero-order valence-electron chi connectivity index (χ0n) is 11.0. The molecule has 1 aromatic carbocycles. The van der Waals surface area contributed by atoms with Crippen molar-refractivity contribution in [2.24, 2.45) is 17.8 Å². The second-order valence-electron chi connectivity index (χ2n) is 6.14. The molecule has 1 aromatic rings. The summed E-state index contributed by atoms with van der Waals surface area (Å²) in [6.45, 7) is 1.98. The van der Waals surface area contributed by atoms with E-state index in [1.165, 1.54) is 25.7 Å². The highest BCUT2D eigenvalue weighted by Gasteiger charge is 2.40. The van der Waals surface area contributed by atoms with Crippen molar-refractivity contribution in [2.75, 3.05) is 5.73 Å². The first-order valence-electron chi connectivity index (χ1n) is 7.03. The normalized spacial score (nSPS) is 29.7. The molecule has 0 radical (unpaired) electrons. The molecule has 3 atom stereocenters. The number of Topliss-reactive ketones (excluding diaryl/α,β-unsaturated/α-hetero) is 1. The molecule has 2 nitrogen and oxygen atoms in total. The number of fused-ring (bicyclic) bond motifs is 2. The van der Waals surface area contributed by atoms with Gasteiger partial charge in [0.25, 0.3) is 0 Å². The largest absolute Gasteiger partial charge is 0.399 e. The van der Waals surface area contributed by atoms with E-state index in [9.17, 15) is 4.79 Å². The maximum atomic E-state index is 12.4. The van der Waals surface area contributed by atoms with Crippen molar-refractivity contribution in [3.63, 3.8) is 0 Å². The first-order valence-corrected chi connectivity index (χ1v) is 7.03. The Hall–Kier alpha value is -1.31. The predicted octanol–water partition coefficient (Wildman–Crippen LogP) is 3.59. The number of hydrogen-bond donors (Lipinski definition) is 1. The summed E-state index contributed by atoms with van der Waals surface area (Å²) >= 11 is 0. The van der Waals surface area contributed by atoms with Crippen LogP contribution >= 0.6 is 0 Å². The Morgan fingerprint density at radius 3 is 2.78 bits per heavy atom. The fourth-order valence-corrected chi connectivity index (χ4v) is 3.97. The fraction of sp³-hybridized carbons (Fsp3) is 0.562. The van der Waals surface area contributed by atoms with Crippen molar-refractivity contribution in [1.82, 2.24) is 0 Å². The third kappa shape index (κ3) is 2.05. The molecule has 2 aliphatic rings. The average molecular weight is 243 g/mol. The predicted molar refractivity (Wildman–Crippen MR) is 73.5 cm³/mol. The molecule has 2 saturated carbocycles. The van der Waals surface area contributed by atoms with Crippen molar-refractivity contribution in [2.45, 2.75) is 39.0 Å². The van der Waals surface area contributed by atoms with Gasteiger partial charge in [-0.25, -0.2) is 0 Å². The van der Waals surface area contributed by atoms with Crippen molar-refractivity contribution in [3.8, 4) is 0 Å². The van der Waals surface area contributed by atoms with Crippen LogP contribution in [-0.4, -0.2) is 5.78 Å². The molecule has 2 aliphatic carbocycles. The summed E-state index contributed by atoms with van der Waals surface area (Å²) in [5.74, 6) is 2.70. The van der Waals surface area contributed by atoms with Crippen LogP contribution in [0.25, 0.3) is 0 Å². The van der Waals surface area contributed by atoms with E-state index in [4.69, 9.17) is 5.73 Å². The lowest BCUT2D eigenvalue weighted by atomic mass is 9.83. The quantitative estimate of drug-likeness (QED) is 0.651. The highest BCUT2D eigenvalue weighted by Crippen LogP contribution is 2.49. The van der Waals surface area contributed by atoms with Crippen molar-refractivity contribution in [3.05, 3.63) is 29.3 Å². The molecule has 2 N–H and O–H groups in total. The molecule has 2 bridgehead atoms. The lowest BCUT2D eigenvalue weighted by Crippen LogP contribution is -2.16. The third-order valence-electron chi connectivity index (χ3n) is 4.88. The number of nitrogen functional groups attached to an aromatic ring is 1. The summed E-state index contributed by atoms with van der Waals surface area (Å²) < 4.78 is 0. The van der Waals surface area contributed by atoms with Crippen LogP contribution in [0.3, 0.4) is 0 Å². The average Bonchev–Trinajstić information content (AvgIpc) is 2.90. The summed E-state index contributed by atoms with van der Waals surface area (Å²) in [5, 5.41) is 0. The van der Waals surface area contributed by atoms with Crippen LogP contribution in [-0.2, 0) is 0 Å². The minimum Gasteiger partial charge on any atom is -0.399 e. The molecule has 0 heterocycles. The van der Waals surface area contributed by atoms with E-state index in [0.717, 1.165) is 35.1 Å². The number of rotatable bonds is 3. The minimum absolute atomic E-state index is 0.310. The Morgan fingerprint density at radius 2 is 2.17 bits per heavy atom. The lowest BCUT2D eigenvalue weighted by Gasteiger charge is -2.21. The van der Waals surface area contributed by atoms with Crippen LogP contribution in [0.5, 0.6) is 0 Å². The van der Waals surface area contributed by atoms with Gasteiger partial charge in [-0.1, -0.05) is 6.42 Å². The van der Waals surface area contributed by atoms with E-state index in [1.54, 1.807) is 0 Å². The molecule has 0 aliphatic heterocycles. The van der Waals surface area contributed by atoms with Gasteiger partial charge in [0.15, 0.2) is 5.78 Å². The number of carbonyl (C=O) groups excluding carboxylic acids is 1. The fourth-order valence-electron chi connectivity index (χ4n) is 3.97. The summed E-state index contributed by atoms with van der Waals surface area (Å²) in [4.78, 5) is 12.4. The van der Waals surface area contributed by atoms with Gasteiger partial charge in [0.2, 0.25) is 0 Å². The minimum atomic E-state index is 0.310. The summed E-state index contributed by atoms with van der Waals surface area (Å²) in [7, 11) is 0. The van der Waals surface area contributed by atoms with E-state index in [2.05, 4.69) is 0 Å². The van der Waals surface area contributed by atoms with Crippen LogP contribution in [0.1, 0.15) is 48.0 Å². The summed E-state index contributed by atoms with van der Waals surface area (Å²) in [5.41, 5.74) is 8.35. The smallest absolute Gasteiger partial charge is 0.163 e. The number of carbonyl (C=O) groups is 1. The van der Waals surface area contributed by atoms with E-state index in [0.29, 0.717) is 11.7 Å². The lowest BCUT2D eigenvalue weighted by molar-refractivity contribution is 0.0943. The number of aryl methyl sites for hydroxylation is 1. The van der Waals surface area contributed by atoms with E-state index < -0.39 is 0 Å². The molecule has 0 amide bonds. The third-order valence-corrected chi connectivity index (χ3v) is 4.88. The number of hydrogen-bond acceptors (Lipinski definition) is 2. The molecule has 2 fully saturated rings. The molecule has 96 valence electrons. The Kier molecular flexibility index (Phi) is 2.89. The van der Waals surface area contributed by atoms with Gasteiger partial charge in [0.1, 0.15) is 0 Å². The molecule has 0 spiro atoms. The Morgan fingerprint density at radius 1 is 1.33 bits per heavy atom. The number of anilines is 1. The van der Waals surface area contributed by atoms with Crippen LogP contribution in [0.15, 0.2) is 18.2 Å². The number of nitrogens with two attached hydrogens (primary N) is 1. The van der Waals surface area contributed by atoms with Crippen molar-refractivity contribution >= 4 is 11.5 Å². The summed E-state index contributed by atoms with van der Waals surface area (Å²) in [6, 6.07) is 5.62. The molecular weight excluding hydrogens is 222 g/mol. The van der Waals surface area contributed by atoms with Crippen molar-refractivity contribution < 1.29 is 4.79 Å². The molecule has 18 heavy (non-hydrogen) atoms. The van der Waals surface area contributed by atoms with E-state index >= 15 is 0 Å². The monoisotopic (exact) mass is 243 g/mol. The van der Waals surface area contributed by atoms with Crippen molar-refractivity contribution in [1.29, 1.82) is 0 Å². The number of benzene rings is 1. The van der Waals surface area contributed by atoms with Gasteiger partial charge in [-0.05, 0) is 67.7 Å². The van der Waals surface area contributed by atoms with Gasteiger partial charge in [-0.15, -0.1) is 0 Å². The molecule has 2 heteroatoms. The van der Waals surface area contributed by atoms with Gasteiger partial charge in [-0.2, -0.15) is 0 Å². The second kappa shape index (κ2) is 4.42. The van der Waals surface area contributed by atoms with Crippen LogP contribution in [0, 0.1) is 24.7 Å². The maximum absolute atomic E-state index is 12.4. The first kappa shape index (κ1) is 11.8. The highest BCUT2D eigenvalue weighted by molar-refractivity contribution is 5.97. The topological polar surface area (TPSA) is 43.1 Å². The van der Waals surface area contributed by atoms with Gasteiger partial charge in [-0.3, -0.25) is 4.79 Å². The number of ketones is 1. The van der Waals surface area contributed by atoms with E-state index in [-0.39, 0.29) is 0 Å². The molecule has 0 saturated heterocycles. The van der Waals surface area contributed by atoms with Gasteiger partial charge >= 0.3 is 0 Å². The van der Waals surface area contributed by atoms with E-state index in [1.807, 2.05) is 25.1 Å². The molecule has 3 rings (SSSR count). The Bertz CT molecular complexity index is 480. The molecule has 3 unspecified atom stereocenters. The zero-order chi connectivity index (χ0) is 12.7. The van der Waals surface area contributed by atoms with Gasteiger partial charge in [0.05, 0.1) is 0 Å². The molecule has 0 aromatic heterocycles. The molecular formula is C16H21NO. The highest BCUT2D eigenvalue weighted by atomic mass is 16.1. The van der Waals surface area contributed by atoms with Crippen LogP contribution < -0.4 is 5.73 Å². The summed E-state index contributed by atoms with van der Waals surface area (Å²) in [6.07, 6.45) is 6.15. The van der Waals surface area contributed by atoms with Crippen LogP contribution in [0.2, 0.25) is 0 Å². The van der Waals surface area contributed by atoms with Gasteiger partial charge < -0.3 is 5.73 Å². The van der Waals surface area contributed by atoms with Crippen LogP contribution in [0.4, 0.5) is 5.69 Å².